The van der Waals surface area contributed by atoms with E-state index in [4.69, 9.17) is 11.6 Å². The first-order valence-corrected chi connectivity index (χ1v) is 7.80. The molecule has 0 radical (unpaired) electrons. The van der Waals surface area contributed by atoms with Crippen LogP contribution in [-0.4, -0.2) is 15.4 Å². The lowest BCUT2D eigenvalue weighted by Gasteiger charge is -2.08. The average Bonchev–Trinajstić information content (AvgIpc) is 2.80. The number of rotatable bonds is 3. The van der Waals surface area contributed by atoms with Crippen molar-refractivity contribution in [3.63, 3.8) is 0 Å². The summed E-state index contributed by atoms with van der Waals surface area (Å²) in [5.41, 5.74) is 2.14. The van der Waals surface area contributed by atoms with Crippen LogP contribution in [-0.2, 0) is 6.42 Å². The first-order chi connectivity index (χ1) is 9.70. The Kier molecular flexibility index (Phi) is 3.94. The third kappa shape index (κ3) is 2.42. The van der Waals surface area contributed by atoms with Crippen LogP contribution in [0, 0.1) is 9.39 Å². The van der Waals surface area contributed by atoms with Crippen LogP contribution < -0.4 is 0 Å². The highest BCUT2D eigenvalue weighted by Gasteiger charge is 2.14. The quantitative estimate of drug-likeness (QED) is 0.466. The number of aryl methyl sites for hydroxylation is 1. The molecule has 0 aliphatic heterocycles. The van der Waals surface area contributed by atoms with Crippen molar-refractivity contribution in [3.05, 3.63) is 57.7 Å². The highest BCUT2D eigenvalue weighted by Crippen LogP contribution is 2.24. The molecule has 102 valence electrons. The predicted molar refractivity (Wildman–Crippen MR) is 88.2 cm³/mol. The molecule has 2 nitrogen and oxygen atoms in total. The highest BCUT2D eigenvalue weighted by molar-refractivity contribution is 14.1. The van der Waals surface area contributed by atoms with Gasteiger partial charge in [-0.05, 0) is 59.0 Å². The summed E-state index contributed by atoms with van der Waals surface area (Å²) < 4.78 is 17.0. The Morgan fingerprint density at radius 1 is 1.15 bits per heavy atom. The van der Waals surface area contributed by atoms with E-state index < -0.39 is 0 Å². The topological polar surface area (TPSA) is 17.8 Å². The van der Waals surface area contributed by atoms with Crippen LogP contribution in [0.1, 0.15) is 5.82 Å². The minimum Gasteiger partial charge on any atom is -0.296 e. The van der Waals surface area contributed by atoms with E-state index in [0.29, 0.717) is 17.8 Å². The van der Waals surface area contributed by atoms with Crippen molar-refractivity contribution in [1.82, 2.24) is 9.55 Å². The van der Waals surface area contributed by atoms with Crippen LogP contribution in [0.25, 0.3) is 16.7 Å². The lowest BCUT2D eigenvalue weighted by molar-refractivity contribution is 0.637. The summed E-state index contributed by atoms with van der Waals surface area (Å²) >= 11 is 8.10. The summed E-state index contributed by atoms with van der Waals surface area (Å²) in [5, 5.41) is 0. The van der Waals surface area contributed by atoms with Gasteiger partial charge in [0.05, 0.1) is 5.52 Å². The second-order valence-corrected chi connectivity index (χ2v) is 6.01. The fourth-order valence-electron chi connectivity index (χ4n) is 2.24. The van der Waals surface area contributed by atoms with E-state index >= 15 is 0 Å². The molecule has 0 atom stereocenters. The summed E-state index contributed by atoms with van der Waals surface area (Å²) in [7, 11) is 0. The molecule has 0 aliphatic carbocycles. The summed E-state index contributed by atoms with van der Waals surface area (Å²) in [6, 6.07) is 13.1. The molecule has 5 heteroatoms. The molecule has 2 aromatic carbocycles. The van der Waals surface area contributed by atoms with Crippen molar-refractivity contribution >= 4 is 45.2 Å². The van der Waals surface area contributed by atoms with Crippen molar-refractivity contribution in [2.45, 2.75) is 6.42 Å². The SMILES string of the molecule is Fc1cccc2c1nc(CCCl)n2-c1ccc(I)cc1. The van der Waals surface area contributed by atoms with Crippen LogP contribution in [0.5, 0.6) is 0 Å². The lowest BCUT2D eigenvalue weighted by Crippen LogP contribution is -2.02. The summed E-state index contributed by atoms with van der Waals surface area (Å²) in [4.78, 5) is 4.40. The maximum Gasteiger partial charge on any atom is 0.151 e. The van der Waals surface area contributed by atoms with Gasteiger partial charge in [-0.15, -0.1) is 11.6 Å². The molecule has 0 spiro atoms. The number of hydrogen-bond acceptors (Lipinski definition) is 1. The zero-order valence-corrected chi connectivity index (χ0v) is 13.4. The van der Waals surface area contributed by atoms with Crippen LogP contribution in [0.3, 0.4) is 0 Å². The number of alkyl halides is 1. The van der Waals surface area contributed by atoms with Crippen molar-refractivity contribution in [1.29, 1.82) is 0 Å². The Bertz CT molecular complexity index is 752. The summed E-state index contributed by atoms with van der Waals surface area (Å²) in [6.07, 6.45) is 0.599. The van der Waals surface area contributed by atoms with Gasteiger partial charge < -0.3 is 0 Å². The third-order valence-corrected chi connectivity index (χ3v) is 4.02. The molecular weight excluding hydrogens is 390 g/mol. The average molecular weight is 401 g/mol. The van der Waals surface area contributed by atoms with Gasteiger partial charge in [-0.2, -0.15) is 0 Å². The van der Waals surface area contributed by atoms with Crippen molar-refractivity contribution < 1.29 is 4.39 Å². The van der Waals surface area contributed by atoms with Crippen LogP contribution in [0.4, 0.5) is 4.39 Å². The van der Waals surface area contributed by atoms with Gasteiger partial charge in [0, 0.05) is 21.6 Å². The molecule has 1 aromatic heterocycles. The number of para-hydroxylation sites is 1. The third-order valence-electron chi connectivity index (χ3n) is 3.11. The fraction of sp³-hybridized carbons (Fsp3) is 0.133. The maximum absolute atomic E-state index is 13.9. The summed E-state index contributed by atoms with van der Waals surface area (Å²) in [5.74, 6) is 0.930. The number of imidazole rings is 1. The molecule has 3 rings (SSSR count). The Labute approximate surface area is 134 Å². The minimum atomic E-state index is -0.303. The van der Waals surface area contributed by atoms with Crippen molar-refractivity contribution in [2.75, 3.05) is 5.88 Å². The second kappa shape index (κ2) is 5.69. The van der Waals surface area contributed by atoms with E-state index in [-0.39, 0.29) is 5.82 Å². The Morgan fingerprint density at radius 2 is 1.90 bits per heavy atom. The van der Waals surface area contributed by atoms with Gasteiger partial charge in [-0.25, -0.2) is 9.37 Å². The molecule has 0 saturated heterocycles. The van der Waals surface area contributed by atoms with Gasteiger partial charge in [-0.1, -0.05) is 6.07 Å². The van der Waals surface area contributed by atoms with E-state index in [1.54, 1.807) is 6.07 Å². The van der Waals surface area contributed by atoms with Gasteiger partial charge >= 0.3 is 0 Å². The number of fused-ring (bicyclic) bond motifs is 1. The summed E-state index contributed by atoms with van der Waals surface area (Å²) in [6.45, 7) is 0. The number of benzene rings is 2. The van der Waals surface area contributed by atoms with Crippen LogP contribution in [0.15, 0.2) is 42.5 Å². The van der Waals surface area contributed by atoms with Crippen LogP contribution in [0.2, 0.25) is 0 Å². The zero-order valence-electron chi connectivity index (χ0n) is 10.5. The molecule has 3 aromatic rings. The minimum absolute atomic E-state index is 0.303. The monoisotopic (exact) mass is 400 g/mol. The standard InChI is InChI=1S/C15H11ClFIN2/c16-9-8-14-19-15-12(17)2-1-3-13(15)20(14)11-6-4-10(18)5-7-11/h1-7H,8-9H2. The molecule has 1 heterocycles. The normalized spacial score (nSPS) is 11.2. The number of nitrogens with zero attached hydrogens (tertiary/aromatic N) is 2. The lowest BCUT2D eigenvalue weighted by atomic mass is 10.2. The fourth-order valence-corrected chi connectivity index (χ4v) is 2.77. The molecular formula is C15H11ClFIN2. The van der Waals surface area contributed by atoms with Gasteiger partial charge in [0.15, 0.2) is 5.82 Å². The molecule has 0 bridgehead atoms. The number of halogens is 3. The number of aromatic nitrogens is 2. The van der Waals surface area contributed by atoms with Crippen molar-refractivity contribution in [2.24, 2.45) is 0 Å². The Balaban J connectivity index is 2.28. The van der Waals surface area contributed by atoms with E-state index in [2.05, 4.69) is 27.6 Å². The molecule has 0 unspecified atom stereocenters. The molecule has 0 amide bonds. The number of hydrogen-bond donors (Lipinski definition) is 0. The molecule has 0 saturated carbocycles. The van der Waals surface area contributed by atoms with Gasteiger partial charge in [0.2, 0.25) is 0 Å². The van der Waals surface area contributed by atoms with E-state index in [1.165, 1.54) is 6.07 Å². The van der Waals surface area contributed by atoms with Gasteiger partial charge in [0.25, 0.3) is 0 Å². The largest absolute Gasteiger partial charge is 0.296 e. The first-order valence-electron chi connectivity index (χ1n) is 6.18. The van der Waals surface area contributed by atoms with Gasteiger partial charge in [0.1, 0.15) is 11.3 Å². The van der Waals surface area contributed by atoms with Crippen molar-refractivity contribution in [3.8, 4) is 5.69 Å². The van der Waals surface area contributed by atoms with E-state index in [0.717, 1.165) is 20.6 Å². The maximum atomic E-state index is 13.9. The molecule has 0 N–H and O–H groups in total. The van der Waals surface area contributed by atoms with E-state index in [1.807, 2.05) is 34.9 Å². The molecule has 0 fully saturated rings. The van der Waals surface area contributed by atoms with Crippen LogP contribution >= 0.6 is 34.2 Å². The molecule has 0 aliphatic rings. The second-order valence-electron chi connectivity index (χ2n) is 4.39. The Hall–Kier alpha value is -1.14. The first kappa shape index (κ1) is 13.8. The smallest absolute Gasteiger partial charge is 0.151 e. The van der Waals surface area contributed by atoms with Gasteiger partial charge in [-0.3, -0.25) is 4.57 Å². The molecule has 20 heavy (non-hydrogen) atoms. The highest BCUT2D eigenvalue weighted by atomic mass is 127. The predicted octanol–water partition coefficient (Wildman–Crippen LogP) is 4.55. The van der Waals surface area contributed by atoms with E-state index in [9.17, 15) is 4.39 Å². The zero-order chi connectivity index (χ0) is 14.1. The Morgan fingerprint density at radius 3 is 2.60 bits per heavy atom.